The van der Waals surface area contributed by atoms with Crippen molar-refractivity contribution in [1.29, 1.82) is 0 Å². The van der Waals surface area contributed by atoms with Crippen LogP contribution >= 0.6 is 24.0 Å². The van der Waals surface area contributed by atoms with E-state index in [1.54, 1.807) is 26.2 Å². The van der Waals surface area contributed by atoms with E-state index in [0.29, 0.717) is 12.5 Å². The lowest BCUT2D eigenvalue weighted by atomic mass is 9.92. The zero-order valence-electron chi connectivity index (χ0n) is 15.6. The monoisotopic (exact) mass is 466 g/mol. The third-order valence-corrected chi connectivity index (χ3v) is 3.79. The average molecular weight is 466 g/mol. The van der Waals surface area contributed by atoms with Crippen molar-refractivity contribution in [2.45, 2.75) is 26.8 Å². The standard InChI is InChI=1S/C17H27FN4O2.HI/c1-11(12-7-8-14(24-6)13(18)9-12)22-16(20-5)21-10-17(2,3)15(23)19-4;/h7-9,11H,10H2,1-6H3,(H,19,23)(H2,20,21,22);1H. The fraction of sp³-hybridized carbons (Fsp3) is 0.529. The molecule has 6 nitrogen and oxygen atoms in total. The smallest absolute Gasteiger partial charge is 0.227 e. The van der Waals surface area contributed by atoms with Crippen molar-refractivity contribution >= 4 is 35.8 Å². The van der Waals surface area contributed by atoms with Crippen molar-refractivity contribution in [1.82, 2.24) is 16.0 Å². The molecule has 0 aromatic heterocycles. The first-order chi connectivity index (χ1) is 11.2. The number of guanidine groups is 1. The summed E-state index contributed by atoms with van der Waals surface area (Å²) >= 11 is 0. The van der Waals surface area contributed by atoms with E-state index >= 15 is 0 Å². The predicted octanol–water partition coefficient (Wildman–Crippen LogP) is 2.45. The predicted molar refractivity (Wildman–Crippen MR) is 109 cm³/mol. The van der Waals surface area contributed by atoms with Crippen molar-refractivity contribution in [3.05, 3.63) is 29.6 Å². The van der Waals surface area contributed by atoms with Crippen molar-refractivity contribution in [2.75, 3.05) is 27.7 Å². The first kappa shape index (κ1) is 23.4. The third-order valence-electron chi connectivity index (χ3n) is 3.79. The second kappa shape index (κ2) is 10.4. The van der Waals surface area contributed by atoms with E-state index in [1.165, 1.54) is 13.2 Å². The minimum atomic E-state index is -0.582. The molecule has 0 aliphatic heterocycles. The van der Waals surface area contributed by atoms with E-state index in [2.05, 4.69) is 20.9 Å². The summed E-state index contributed by atoms with van der Waals surface area (Å²) in [6.45, 7) is 6.00. The summed E-state index contributed by atoms with van der Waals surface area (Å²) in [5, 5.41) is 8.94. The molecule has 0 saturated heterocycles. The van der Waals surface area contributed by atoms with Crippen LogP contribution < -0.4 is 20.7 Å². The number of halogens is 2. The fourth-order valence-corrected chi connectivity index (χ4v) is 2.16. The van der Waals surface area contributed by atoms with Crippen LogP contribution in [-0.4, -0.2) is 39.6 Å². The molecule has 3 N–H and O–H groups in total. The van der Waals surface area contributed by atoms with Gasteiger partial charge in [-0.1, -0.05) is 6.07 Å². The van der Waals surface area contributed by atoms with Gasteiger partial charge in [-0.15, -0.1) is 24.0 Å². The topological polar surface area (TPSA) is 74.8 Å². The Kier molecular flexibility index (Phi) is 9.76. The first-order valence-corrected chi connectivity index (χ1v) is 7.78. The van der Waals surface area contributed by atoms with Gasteiger partial charge in [-0.3, -0.25) is 9.79 Å². The maximum Gasteiger partial charge on any atom is 0.227 e. The molecule has 25 heavy (non-hydrogen) atoms. The van der Waals surface area contributed by atoms with E-state index < -0.39 is 11.2 Å². The van der Waals surface area contributed by atoms with Crippen LogP contribution in [0.15, 0.2) is 23.2 Å². The molecule has 0 spiro atoms. The van der Waals surface area contributed by atoms with Crippen LogP contribution in [0.2, 0.25) is 0 Å². The highest BCUT2D eigenvalue weighted by molar-refractivity contribution is 14.0. The number of carbonyl (C=O) groups excluding carboxylic acids is 1. The van der Waals surface area contributed by atoms with Gasteiger partial charge >= 0.3 is 0 Å². The lowest BCUT2D eigenvalue weighted by Crippen LogP contribution is -2.47. The van der Waals surface area contributed by atoms with E-state index in [1.807, 2.05) is 20.8 Å². The van der Waals surface area contributed by atoms with Gasteiger partial charge in [-0.2, -0.15) is 0 Å². The van der Waals surface area contributed by atoms with Crippen molar-refractivity contribution in [2.24, 2.45) is 10.4 Å². The van der Waals surface area contributed by atoms with E-state index in [-0.39, 0.29) is 41.7 Å². The Hall–Kier alpha value is -1.58. The summed E-state index contributed by atoms with van der Waals surface area (Å²) in [5.74, 6) is 0.277. The molecule has 8 heteroatoms. The molecule has 0 heterocycles. The Morgan fingerprint density at radius 2 is 2.04 bits per heavy atom. The van der Waals surface area contributed by atoms with Crippen LogP contribution in [0.5, 0.6) is 5.75 Å². The highest BCUT2D eigenvalue weighted by atomic mass is 127. The van der Waals surface area contributed by atoms with Gasteiger partial charge in [0, 0.05) is 20.6 Å². The van der Waals surface area contributed by atoms with Gasteiger partial charge in [0.15, 0.2) is 17.5 Å². The maximum absolute atomic E-state index is 13.8. The molecule has 1 aromatic rings. The van der Waals surface area contributed by atoms with Crippen LogP contribution in [0, 0.1) is 11.2 Å². The van der Waals surface area contributed by atoms with E-state index in [4.69, 9.17) is 4.74 Å². The molecule has 0 fully saturated rings. The fourth-order valence-electron chi connectivity index (χ4n) is 2.16. The van der Waals surface area contributed by atoms with Crippen LogP contribution in [-0.2, 0) is 4.79 Å². The zero-order chi connectivity index (χ0) is 18.3. The van der Waals surface area contributed by atoms with Crippen LogP contribution in [0.3, 0.4) is 0 Å². The van der Waals surface area contributed by atoms with Gasteiger partial charge < -0.3 is 20.7 Å². The van der Waals surface area contributed by atoms with Gasteiger partial charge in [0.05, 0.1) is 18.6 Å². The first-order valence-electron chi connectivity index (χ1n) is 7.78. The quantitative estimate of drug-likeness (QED) is 0.342. The number of hydrogen-bond donors (Lipinski definition) is 3. The number of aliphatic imine (C=N–C) groups is 1. The largest absolute Gasteiger partial charge is 0.494 e. The van der Waals surface area contributed by atoms with Gasteiger partial charge in [0.1, 0.15) is 0 Å². The molecule has 1 amide bonds. The number of carbonyl (C=O) groups is 1. The minimum Gasteiger partial charge on any atom is -0.494 e. The number of ether oxygens (including phenoxy) is 1. The summed E-state index contributed by atoms with van der Waals surface area (Å²) in [6.07, 6.45) is 0. The average Bonchev–Trinajstić information content (AvgIpc) is 2.57. The molecular formula is C17H28FIN4O2. The Bertz CT molecular complexity index is 608. The number of nitrogens with one attached hydrogen (secondary N) is 3. The summed E-state index contributed by atoms with van der Waals surface area (Å²) in [6, 6.07) is 4.65. The molecule has 1 atom stereocenters. The van der Waals surface area contributed by atoms with Crippen LogP contribution in [0.4, 0.5) is 4.39 Å². The van der Waals surface area contributed by atoms with Gasteiger partial charge in [0.2, 0.25) is 5.91 Å². The number of amides is 1. The van der Waals surface area contributed by atoms with Crippen LogP contribution in [0.25, 0.3) is 0 Å². The van der Waals surface area contributed by atoms with Gasteiger partial charge in [-0.05, 0) is 38.5 Å². The number of benzene rings is 1. The molecule has 0 radical (unpaired) electrons. The summed E-state index contributed by atoms with van der Waals surface area (Å²) < 4.78 is 18.7. The van der Waals surface area contributed by atoms with E-state index in [0.717, 1.165) is 5.56 Å². The lowest BCUT2D eigenvalue weighted by molar-refractivity contribution is -0.128. The van der Waals surface area contributed by atoms with Crippen molar-refractivity contribution in [3.63, 3.8) is 0 Å². The Morgan fingerprint density at radius 1 is 1.40 bits per heavy atom. The molecule has 1 rings (SSSR count). The molecule has 0 aliphatic carbocycles. The maximum atomic E-state index is 13.8. The SMILES string of the molecule is CN=C(NCC(C)(C)C(=O)NC)NC(C)c1ccc(OC)c(F)c1.I. The molecule has 0 bridgehead atoms. The Morgan fingerprint density at radius 3 is 2.52 bits per heavy atom. The number of nitrogens with zero attached hydrogens (tertiary/aromatic N) is 1. The van der Waals surface area contributed by atoms with Crippen molar-refractivity contribution in [3.8, 4) is 5.75 Å². The van der Waals surface area contributed by atoms with Crippen molar-refractivity contribution < 1.29 is 13.9 Å². The lowest BCUT2D eigenvalue weighted by Gasteiger charge is -2.25. The molecule has 1 aromatic carbocycles. The normalized spacial score (nSPS) is 12.7. The molecular weight excluding hydrogens is 438 g/mol. The molecule has 142 valence electrons. The second-order valence-electron chi connectivity index (χ2n) is 6.15. The Labute approximate surface area is 166 Å². The highest BCUT2D eigenvalue weighted by Gasteiger charge is 2.26. The van der Waals surface area contributed by atoms with E-state index in [9.17, 15) is 9.18 Å². The Balaban J connectivity index is 0.00000576. The summed E-state index contributed by atoms with van der Waals surface area (Å²) in [7, 11) is 4.68. The molecule has 0 saturated carbocycles. The highest BCUT2D eigenvalue weighted by Crippen LogP contribution is 2.21. The second-order valence-corrected chi connectivity index (χ2v) is 6.15. The summed E-state index contributed by atoms with van der Waals surface area (Å²) in [4.78, 5) is 16.0. The number of hydrogen-bond acceptors (Lipinski definition) is 3. The minimum absolute atomic E-state index is 0. The molecule has 0 aliphatic rings. The van der Waals surface area contributed by atoms with Crippen LogP contribution in [0.1, 0.15) is 32.4 Å². The van der Waals surface area contributed by atoms with Gasteiger partial charge in [-0.25, -0.2) is 4.39 Å². The summed E-state index contributed by atoms with van der Waals surface area (Å²) in [5.41, 5.74) is 0.184. The number of rotatable bonds is 6. The number of methoxy groups -OCH3 is 1. The third kappa shape index (κ3) is 6.68. The molecule has 1 unspecified atom stereocenters. The zero-order valence-corrected chi connectivity index (χ0v) is 17.9. The van der Waals surface area contributed by atoms with Gasteiger partial charge in [0.25, 0.3) is 0 Å².